The van der Waals surface area contributed by atoms with Gasteiger partial charge >= 0.3 is 0 Å². The lowest BCUT2D eigenvalue weighted by Crippen LogP contribution is -2.61. The Balaban J connectivity index is 1.93. The van der Waals surface area contributed by atoms with Crippen LogP contribution in [0.4, 0.5) is 4.39 Å². The minimum Gasteiger partial charge on any atom is -0.385 e. The molecule has 6 heteroatoms. The first-order valence-corrected chi connectivity index (χ1v) is 8.78. The highest BCUT2D eigenvalue weighted by Gasteiger charge is 2.58. The van der Waals surface area contributed by atoms with Crippen LogP contribution in [0.1, 0.15) is 38.5 Å². The van der Waals surface area contributed by atoms with Crippen molar-refractivity contribution < 1.29 is 9.50 Å². The second kappa shape index (κ2) is 5.91. The summed E-state index contributed by atoms with van der Waals surface area (Å²) < 4.78 is 14.1. The molecule has 7 unspecified atom stereocenters. The lowest BCUT2D eigenvalue weighted by atomic mass is 9.64. The zero-order valence-corrected chi connectivity index (χ0v) is 14.1. The Labute approximate surface area is 136 Å². The van der Waals surface area contributed by atoms with Crippen LogP contribution in [0, 0.1) is 11.8 Å². The highest BCUT2D eigenvalue weighted by Crippen LogP contribution is 2.49. The molecule has 3 aliphatic rings. The van der Waals surface area contributed by atoms with Crippen molar-refractivity contribution in [3.8, 4) is 0 Å². The molecule has 1 heterocycles. The molecular weight excluding hydrogens is 305 g/mol. The number of rotatable bonds is 2. The van der Waals surface area contributed by atoms with Crippen molar-refractivity contribution in [1.82, 2.24) is 4.90 Å². The summed E-state index contributed by atoms with van der Waals surface area (Å²) in [4.78, 5) is 6.63. The summed E-state index contributed by atoms with van der Waals surface area (Å²) in [5.74, 6) is 0.0210. The smallest absolute Gasteiger partial charge is 0.130 e. The van der Waals surface area contributed by atoms with Crippen LogP contribution in [0.2, 0.25) is 0 Å². The molecule has 0 aromatic heterocycles. The summed E-state index contributed by atoms with van der Waals surface area (Å²) in [7, 11) is 3.98. The molecule has 0 saturated heterocycles. The first kappa shape index (κ1) is 16.5. The molecule has 3 rings (SSSR count). The van der Waals surface area contributed by atoms with Crippen molar-refractivity contribution in [1.29, 1.82) is 0 Å². The van der Waals surface area contributed by atoms with E-state index in [1.54, 1.807) is 0 Å². The van der Waals surface area contributed by atoms with Crippen molar-refractivity contribution >= 4 is 17.4 Å². The Bertz CT molecular complexity index is 461. The largest absolute Gasteiger partial charge is 0.385 e. The van der Waals surface area contributed by atoms with Crippen LogP contribution in [-0.2, 0) is 0 Å². The summed E-state index contributed by atoms with van der Waals surface area (Å²) in [6.45, 7) is 0. The molecule has 2 saturated carbocycles. The molecule has 2 aliphatic carbocycles. The third-order valence-corrected chi connectivity index (χ3v) is 6.41. The molecule has 1 aliphatic heterocycles. The Morgan fingerprint density at radius 3 is 2.64 bits per heavy atom. The van der Waals surface area contributed by atoms with Crippen LogP contribution in [0.25, 0.3) is 0 Å². The summed E-state index contributed by atoms with van der Waals surface area (Å²) in [5, 5.41) is 11.6. The van der Waals surface area contributed by atoms with Crippen LogP contribution in [-0.4, -0.2) is 59.2 Å². The molecule has 3 N–H and O–H groups in total. The van der Waals surface area contributed by atoms with Crippen molar-refractivity contribution in [3.05, 3.63) is 0 Å². The van der Waals surface area contributed by atoms with Crippen LogP contribution < -0.4 is 5.73 Å². The Morgan fingerprint density at radius 1 is 1.23 bits per heavy atom. The Morgan fingerprint density at radius 2 is 1.95 bits per heavy atom. The van der Waals surface area contributed by atoms with Gasteiger partial charge in [0.15, 0.2) is 0 Å². The first-order valence-electron chi connectivity index (χ1n) is 8.34. The highest BCUT2D eigenvalue weighted by molar-refractivity contribution is 6.20. The fourth-order valence-corrected chi connectivity index (χ4v) is 5.18. The Hall–Kier alpha value is -0.390. The van der Waals surface area contributed by atoms with Crippen LogP contribution >= 0.6 is 11.6 Å². The number of aliphatic hydroxyl groups is 1. The van der Waals surface area contributed by atoms with Gasteiger partial charge in [-0.05, 0) is 52.6 Å². The molecule has 4 nitrogen and oxygen atoms in total. The highest BCUT2D eigenvalue weighted by atomic mass is 35.5. The molecule has 0 aromatic carbocycles. The van der Waals surface area contributed by atoms with Gasteiger partial charge in [0.05, 0.1) is 6.04 Å². The number of halogens is 2. The van der Waals surface area contributed by atoms with Gasteiger partial charge < -0.3 is 15.7 Å². The molecule has 22 heavy (non-hydrogen) atoms. The third-order valence-electron chi connectivity index (χ3n) is 6.01. The fraction of sp³-hybridized carbons (Fsp3) is 0.938. The maximum absolute atomic E-state index is 14.1. The third kappa shape index (κ3) is 2.55. The normalized spacial score (nSPS) is 49.1. The zero-order chi connectivity index (χ0) is 16.1. The van der Waals surface area contributed by atoms with Gasteiger partial charge in [-0.3, -0.25) is 4.99 Å². The number of hydrogen-bond acceptors (Lipinski definition) is 4. The van der Waals surface area contributed by atoms with E-state index in [1.165, 1.54) is 0 Å². The zero-order valence-electron chi connectivity index (χ0n) is 13.4. The minimum atomic E-state index is -1.21. The van der Waals surface area contributed by atoms with Crippen LogP contribution in [0.5, 0.6) is 0 Å². The van der Waals surface area contributed by atoms with Crippen LogP contribution in [0.15, 0.2) is 4.99 Å². The molecule has 2 fully saturated rings. The maximum atomic E-state index is 14.1. The Kier molecular flexibility index (Phi) is 4.43. The predicted molar refractivity (Wildman–Crippen MR) is 87.1 cm³/mol. The summed E-state index contributed by atoms with van der Waals surface area (Å²) >= 11 is 6.34. The van der Waals surface area contributed by atoms with Gasteiger partial charge in [0.1, 0.15) is 17.6 Å². The number of alkyl halides is 2. The topological polar surface area (TPSA) is 61.8 Å². The average molecular weight is 332 g/mol. The van der Waals surface area contributed by atoms with Gasteiger partial charge in [-0.1, -0.05) is 0 Å². The number of fused-ring (bicyclic) bond motifs is 1. The first-order chi connectivity index (χ1) is 10.3. The standard InChI is InChI=1S/C16H27ClFN3O/c1-21(2)14-6-4-10(18)8-12(14)16(22)11-7-9(17)3-5-13(11)20-15(16)19/h9-14,22H,3-8H2,1-2H3,(H2,19,20). The molecule has 0 spiro atoms. The van der Waals surface area contributed by atoms with Crippen LogP contribution in [0.3, 0.4) is 0 Å². The number of nitrogens with two attached hydrogens (primary N) is 1. The van der Waals surface area contributed by atoms with E-state index in [2.05, 4.69) is 9.89 Å². The molecule has 126 valence electrons. The number of aliphatic imine (C=N–C) groups is 1. The number of nitrogens with zero attached hydrogens (tertiary/aromatic N) is 2. The van der Waals surface area contributed by atoms with Crippen molar-refractivity contribution in [2.45, 2.75) is 67.8 Å². The monoisotopic (exact) mass is 331 g/mol. The summed E-state index contributed by atoms with van der Waals surface area (Å²) in [6, 6.07) is 0.169. The molecular formula is C16H27ClFN3O. The maximum Gasteiger partial charge on any atom is 0.130 e. The van der Waals surface area contributed by atoms with E-state index in [9.17, 15) is 9.50 Å². The minimum absolute atomic E-state index is 0.0443. The molecule has 0 aromatic rings. The van der Waals surface area contributed by atoms with E-state index in [4.69, 9.17) is 17.3 Å². The summed E-state index contributed by atoms with van der Waals surface area (Å²) in [6.07, 6.45) is 3.26. The lowest BCUT2D eigenvalue weighted by Gasteiger charge is -2.48. The van der Waals surface area contributed by atoms with Gasteiger partial charge in [0.2, 0.25) is 0 Å². The van der Waals surface area contributed by atoms with Gasteiger partial charge in [-0.25, -0.2) is 4.39 Å². The predicted octanol–water partition coefficient (Wildman–Crippen LogP) is 1.93. The van der Waals surface area contributed by atoms with E-state index in [0.717, 1.165) is 19.3 Å². The number of amidine groups is 1. The summed E-state index contributed by atoms with van der Waals surface area (Å²) in [5.41, 5.74) is 4.96. The molecule has 7 atom stereocenters. The van der Waals surface area contributed by atoms with E-state index < -0.39 is 11.8 Å². The quantitative estimate of drug-likeness (QED) is 0.760. The van der Waals surface area contributed by atoms with E-state index in [1.807, 2.05) is 14.1 Å². The van der Waals surface area contributed by atoms with Crippen molar-refractivity contribution in [2.75, 3.05) is 14.1 Å². The second-order valence-electron chi connectivity index (χ2n) is 7.47. The van der Waals surface area contributed by atoms with Gasteiger partial charge in [0, 0.05) is 23.3 Å². The molecule has 0 bridgehead atoms. The molecule has 0 radical (unpaired) electrons. The van der Waals surface area contributed by atoms with Crippen molar-refractivity contribution in [2.24, 2.45) is 22.6 Å². The second-order valence-corrected chi connectivity index (χ2v) is 8.09. The van der Waals surface area contributed by atoms with E-state index >= 15 is 0 Å². The van der Waals surface area contributed by atoms with Gasteiger partial charge in [-0.15, -0.1) is 11.6 Å². The number of hydrogen-bond donors (Lipinski definition) is 2. The fourth-order valence-electron chi connectivity index (χ4n) is 4.86. The van der Waals surface area contributed by atoms with Crippen molar-refractivity contribution in [3.63, 3.8) is 0 Å². The SMILES string of the molecule is CN(C)C1CCC(F)CC1C1(O)C(N)=NC2CCC(Cl)CC21. The van der Waals surface area contributed by atoms with Gasteiger partial charge in [-0.2, -0.15) is 0 Å². The van der Waals surface area contributed by atoms with E-state index in [0.29, 0.717) is 25.1 Å². The molecule has 0 amide bonds. The van der Waals surface area contributed by atoms with Gasteiger partial charge in [0.25, 0.3) is 0 Å². The lowest BCUT2D eigenvalue weighted by molar-refractivity contribution is -0.0695. The average Bonchev–Trinajstić information content (AvgIpc) is 2.71. The van der Waals surface area contributed by atoms with E-state index in [-0.39, 0.29) is 29.3 Å².